The van der Waals surface area contributed by atoms with Gasteiger partial charge in [-0.2, -0.15) is 5.10 Å². The molecule has 1 N–H and O–H groups in total. The molecule has 0 atom stereocenters. The Balaban J connectivity index is 1.54. The summed E-state index contributed by atoms with van der Waals surface area (Å²) in [4.78, 5) is 14.6. The number of nitrogens with one attached hydrogen (secondary N) is 1. The van der Waals surface area contributed by atoms with Crippen LogP contribution < -0.4 is 14.9 Å². The summed E-state index contributed by atoms with van der Waals surface area (Å²) >= 11 is 0. The van der Waals surface area contributed by atoms with Gasteiger partial charge in [-0.1, -0.05) is 12.1 Å². The number of rotatable bonds is 8. The predicted molar refractivity (Wildman–Crippen MR) is 112 cm³/mol. The van der Waals surface area contributed by atoms with Crippen LogP contribution in [0.1, 0.15) is 28.4 Å². The molecule has 1 aliphatic rings. The number of hydrogen-bond acceptors (Lipinski definition) is 6. The summed E-state index contributed by atoms with van der Waals surface area (Å²) in [5.74, 6) is 1.04. The van der Waals surface area contributed by atoms with Gasteiger partial charge in [0.2, 0.25) is 0 Å². The van der Waals surface area contributed by atoms with Gasteiger partial charge < -0.3 is 14.2 Å². The van der Waals surface area contributed by atoms with Crippen molar-refractivity contribution in [2.75, 3.05) is 40.0 Å². The maximum absolute atomic E-state index is 12.3. The number of ether oxygens (including phenoxy) is 3. The molecule has 0 unspecified atom stereocenters. The molecule has 0 aromatic heterocycles. The molecular weight excluding hydrogens is 370 g/mol. The zero-order valence-corrected chi connectivity index (χ0v) is 16.9. The van der Waals surface area contributed by atoms with Gasteiger partial charge in [-0.25, -0.2) is 5.43 Å². The molecule has 7 nitrogen and oxygen atoms in total. The van der Waals surface area contributed by atoms with Gasteiger partial charge in [-0.05, 0) is 48.4 Å². The van der Waals surface area contributed by atoms with E-state index >= 15 is 0 Å². The van der Waals surface area contributed by atoms with Gasteiger partial charge in [0.1, 0.15) is 0 Å². The highest BCUT2D eigenvalue weighted by Gasteiger charge is 2.11. The SMILES string of the molecule is CCOc1ccc(/C=N\NC(=O)c2ccc(CN3CCOCC3)cc2)cc1OC. The number of benzene rings is 2. The van der Waals surface area contributed by atoms with E-state index in [0.29, 0.717) is 23.7 Å². The first-order chi connectivity index (χ1) is 14.2. The lowest BCUT2D eigenvalue weighted by Crippen LogP contribution is -2.35. The van der Waals surface area contributed by atoms with Gasteiger partial charge in [0.15, 0.2) is 11.5 Å². The summed E-state index contributed by atoms with van der Waals surface area (Å²) in [5, 5.41) is 4.04. The normalized spacial score (nSPS) is 14.7. The van der Waals surface area contributed by atoms with Crippen molar-refractivity contribution in [1.82, 2.24) is 10.3 Å². The van der Waals surface area contributed by atoms with E-state index in [-0.39, 0.29) is 5.91 Å². The highest BCUT2D eigenvalue weighted by atomic mass is 16.5. The first kappa shape index (κ1) is 20.8. The van der Waals surface area contributed by atoms with Crippen LogP contribution in [0, 0.1) is 0 Å². The van der Waals surface area contributed by atoms with Crippen molar-refractivity contribution in [2.24, 2.45) is 5.10 Å². The molecule has 0 radical (unpaired) electrons. The third-order valence-corrected chi connectivity index (χ3v) is 4.59. The lowest BCUT2D eigenvalue weighted by atomic mass is 10.1. The number of carbonyl (C=O) groups is 1. The average molecular weight is 397 g/mol. The number of amides is 1. The Labute approximate surface area is 171 Å². The van der Waals surface area contributed by atoms with Gasteiger partial charge in [0.25, 0.3) is 5.91 Å². The first-order valence-corrected chi connectivity index (χ1v) is 9.73. The van der Waals surface area contributed by atoms with Crippen LogP contribution in [0.3, 0.4) is 0 Å². The van der Waals surface area contributed by atoms with E-state index in [0.717, 1.165) is 38.4 Å². The quantitative estimate of drug-likeness (QED) is 0.548. The van der Waals surface area contributed by atoms with Crippen LogP contribution in [-0.4, -0.2) is 57.0 Å². The minimum absolute atomic E-state index is 0.253. The summed E-state index contributed by atoms with van der Waals surface area (Å²) in [5.41, 5.74) is 5.10. The fraction of sp³-hybridized carbons (Fsp3) is 0.364. The Kier molecular flexibility index (Phi) is 7.61. The Morgan fingerprint density at radius 2 is 1.93 bits per heavy atom. The summed E-state index contributed by atoms with van der Waals surface area (Å²) in [6.45, 7) is 6.77. The van der Waals surface area contributed by atoms with Crippen molar-refractivity contribution in [1.29, 1.82) is 0 Å². The maximum Gasteiger partial charge on any atom is 0.271 e. The zero-order chi connectivity index (χ0) is 20.5. The molecule has 0 saturated carbocycles. The fourth-order valence-corrected chi connectivity index (χ4v) is 3.05. The minimum Gasteiger partial charge on any atom is -0.493 e. The van der Waals surface area contributed by atoms with Gasteiger partial charge in [0, 0.05) is 25.2 Å². The highest BCUT2D eigenvalue weighted by molar-refractivity contribution is 5.94. The lowest BCUT2D eigenvalue weighted by Gasteiger charge is -2.26. The third kappa shape index (κ3) is 6.04. The van der Waals surface area contributed by atoms with Crippen LogP contribution in [0.4, 0.5) is 0 Å². The Bertz CT molecular complexity index is 830. The van der Waals surface area contributed by atoms with Crippen LogP contribution in [0.25, 0.3) is 0 Å². The van der Waals surface area contributed by atoms with E-state index in [4.69, 9.17) is 14.2 Å². The molecule has 1 aliphatic heterocycles. The van der Waals surface area contributed by atoms with E-state index < -0.39 is 0 Å². The molecule has 0 bridgehead atoms. The molecule has 0 spiro atoms. The van der Waals surface area contributed by atoms with Gasteiger partial charge in [-0.15, -0.1) is 0 Å². The summed E-state index contributed by atoms with van der Waals surface area (Å²) in [7, 11) is 1.59. The lowest BCUT2D eigenvalue weighted by molar-refractivity contribution is 0.0342. The Hall–Kier alpha value is -2.90. The standard InChI is InChI=1S/C22H27N3O4/c1-3-29-20-9-6-18(14-21(20)27-2)15-23-24-22(26)19-7-4-17(5-8-19)16-25-10-12-28-13-11-25/h4-9,14-15H,3,10-13,16H2,1-2H3,(H,24,26)/b23-15-. The number of methoxy groups -OCH3 is 1. The second-order valence-electron chi connectivity index (χ2n) is 6.63. The van der Waals surface area contributed by atoms with E-state index in [2.05, 4.69) is 15.4 Å². The smallest absolute Gasteiger partial charge is 0.271 e. The molecule has 1 fully saturated rings. The van der Waals surface area contributed by atoms with Crippen molar-refractivity contribution in [3.05, 3.63) is 59.2 Å². The summed E-state index contributed by atoms with van der Waals surface area (Å²) < 4.78 is 16.2. The highest BCUT2D eigenvalue weighted by Crippen LogP contribution is 2.27. The third-order valence-electron chi connectivity index (χ3n) is 4.59. The fourth-order valence-electron chi connectivity index (χ4n) is 3.05. The van der Waals surface area contributed by atoms with Gasteiger partial charge >= 0.3 is 0 Å². The molecule has 7 heteroatoms. The van der Waals surface area contributed by atoms with Gasteiger partial charge in [-0.3, -0.25) is 9.69 Å². The number of hydrazone groups is 1. The topological polar surface area (TPSA) is 72.4 Å². The Morgan fingerprint density at radius 1 is 1.17 bits per heavy atom. The van der Waals surface area contributed by atoms with E-state index in [1.807, 2.05) is 43.3 Å². The molecule has 29 heavy (non-hydrogen) atoms. The molecule has 2 aromatic carbocycles. The second-order valence-corrected chi connectivity index (χ2v) is 6.63. The van der Waals surface area contributed by atoms with Crippen LogP contribution in [0.15, 0.2) is 47.6 Å². The monoisotopic (exact) mass is 397 g/mol. The molecule has 1 amide bonds. The van der Waals surface area contributed by atoms with Crippen LogP contribution in [0.5, 0.6) is 11.5 Å². The maximum atomic E-state index is 12.3. The summed E-state index contributed by atoms with van der Waals surface area (Å²) in [6.07, 6.45) is 1.57. The van der Waals surface area contributed by atoms with E-state index in [1.165, 1.54) is 5.56 Å². The van der Waals surface area contributed by atoms with Crippen LogP contribution in [0.2, 0.25) is 0 Å². The molecule has 3 rings (SSSR count). The number of carbonyl (C=O) groups excluding carboxylic acids is 1. The minimum atomic E-state index is -0.253. The van der Waals surface area contributed by atoms with E-state index in [1.54, 1.807) is 19.4 Å². The number of morpholine rings is 1. The van der Waals surface area contributed by atoms with Crippen LogP contribution in [-0.2, 0) is 11.3 Å². The zero-order valence-electron chi connectivity index (χ0n) is 16.9. The van der Waals surface area contributed by atoms with Gasteiger partial charge in [0.05, 0.1) is 33.1 Å². The molecular formula is C22H27N3O4. The molecule has 1 heterocycles. The first-order valence-electron chi connectivity index (χ1n) is 9.73. The van der Waals surface area contributed by atoms with Crippen molar-refractivity contribution < 1.29 is 19.0 Å². The van der Waals surface area contributed by atoms with Crippen molar-refractivity contribution in [3.63, 3.8) is 0 Å². The molecule has 154 valence electrons. The Morgan fingerprint density at radius 3 is 2.62 bits per heavy atom. The summed E-state index contributed by atoms with van der Waals surface area (Å²) in [6, 6.07) is 13.1. The number of nitrogens with zero attached hydrogens (tertiary/aromatic N) is 2. The van der Waals surface area contributed by atoms with Crippen molar-refractivity contribution >= 4 is 12.1 Å². The molecule has 2 aromatic rings. The number of hydrogen-bond donors (Lipinski definition) is 1. The molecule has 0 aliphatic carbocycles. The molecule has 1 saturated heterocycles. The second kappa shape index (κ2) is 10.6. The van der Waals surface area contributed by atoms with Crippen molar-refractivity contribution in [2.45, 2.75) is 13.5 Å². The van der Waals surface area contributed by atoms with E-state index in [9.17, 15) is 4.79 Å². The average Bonchev–Trinajstić information content (AvgIpc) is 2.76. The van der Waals surface area contributed by atoms with Crippen molar-refractivity contribution in [3.8, 4) is 11.5 Å². The largest absolute Gasteiger partial charge is 0.493 e. The van der Waals surface area contributed by atoms with Crippen LogP contribution >= 0.6 is 0 Å². The predicted octanol–water partition coefficient (Wildman–Crippen LogP) is 2.69.